The van der Waals surface area contributed by atoms with Crippen molar-refractivity contribution < 1.29 is 14.3 Å². The third kappa shape index (κ3) is 4.83. The van der Waals surface area contributed by atoms with Crippen LogP contribution in [0.4, 0.5) is 0 Å². The summed E-state index contributed by atoms with van der Waals surface area (Å²) in [6.07, 6.45) is 0. The van der Waals surface area contributed by atoms with Crippen LogP contribution in [0.1, 0.15) is 15.9 Å². The fourth-order valence-electron chi connectivity index (χ4n) is 2.20. The second kappa shape index (κ2) is 8.49. The number of amides is 2. The van der Waals surface area contributed by atoms with Gasteiger partial charge in [0.2, 0.25) is 5.91 Å². The van der Waals surface area contributed by atoms with Gasteiger partial charge in [0.15, 0.2) is 0 Å². The largest absolute Gasteiger partial charge is 0.496 e. The summed E-state index contributed by atoms with van der Waals surface area (Å²) in [7, 11) is 3.28. The van der Waals surface area contributed by atoms with E-state index in [1.165, 1.54) is 0 Å². The molecule has 0 aliphatic heterocycles. The van der Waals surface area contributed by atoms with Gasteiger partial charge in [-0.2, -0.15) is 0 Å². The van der Waals surface area contributed by atoms with Gasteiger partial charge in [0, 0.05) is 29.2 Å². The van der Waals surface area contributed by atoms with E-state index in [2.05, 4.69) is 21.2 Å². The Morgan fingerprint density at radius 3 is 2.54 bits per heavy atom. The minimum absolute atomic E-state index is 0.0550. The van der Waals surface area contributed by atoms with Gasteiger partial charge in [-0.25, -0.2) is 0 Å². The molecule has 0 saturated heterocycles. The molecule has 126 valence electrons. The van der Waals surface area contributed by atoms with Crippen LogP contribution < -0.4 is 10.1 Å². The standard InChI is InChI=1S/C18H19BrN2O3/c1-21(12-14-10-15(19)8-9-16(14)24-2)17(22)11-20-18(23)13-6-4-3-5-7-13/h3-10H,11-12H2,1-2H3,(H,20,23). The zero-order valence-corrected chi connectivity index (χ0v) is 15.2. The number of nitrogens with zero attached hydrogens (tertiary/aromatic N) is 1. The fraction of sp³-hybridized carbons (Fsp3) is 0.222. The van der Waals surface area contributed by atoms with Gasteiger partial charge in [-0.05, 0) is 30.3 Å². The zero-order valence-electron chi connectivity index (χ0n) is 13.6. The highest BCUT2D eigenvalue weighted by atomic mass is 79.9. The first kappa shape index (κ1) is 18.0. The van der Waals surface area contributed by atoms with Gasteiger partial charge in [-0.15, -0.1) is 0 Å². The zero-order chi connectivity index (χ0) is 17.5. The Hall–Kier alpha value is -2.34. The molecule has 0 aliphatic carbocycles. The van der Waals surface area contributed by atoms with Crippen LogP contribution in [0.2, 0.25) is 0 Å². The van der Waals surface area contributed by atoms with Crippen LogP contribution in [0.3, 0.4) is 0 Å². The Morgan fingerprint density at radius 2 is 1.88 bits per heavy atom. The van der Waals surface area contributed by atoms with Crippen molar-refractivity contribution in [2.24, 2.45) is 0 Å². The van der Waals surface area contributed by atoms with E-state index < -0.39 is 0 Å². The third-order valence-corrected chi connectivity index (χ3v) is 4.01. The number of benzene rings is 2. The van der Waals surface area contributed by atoms with Crippen LogP contribution in [-0.4, -0.2) is 37.4 Å². The summed E-state index contributed by atoms with van der Waals surface area (Å²) in [5, 5.41) is 2.63. The molecule has 0 bridgehead atoms. The van der Waals surface area contributed by atoms with Crippen LogP contribution in [0.5, 0.6) is 5.75 Å². The molecule has 0 spiro atoms. The number of hydrogen-bond acceptors (Lipinski definition) is 3. The van der Waals surface area contributed by atoms with Crippen molar-refractivity contribution in [3.8, 4) is 5.75 Å². The number of carbonyl (C=O) groups excluding carboxylic acids is 2. The molecule has 5 nitrogen and oxygen atoms in total. The highest BCUT2D eigenvalue weighted by Crippen LogP contribution is 2.24. The predicted octanol–water partition coefficient (Wildman–Crippen LogP) is 2.85. The van der Waals surface area contributed by atoms with Crippen molar-refractivity contribution in [3.63, 3.8) is 0 Å². The lowest BCUT2D eigenvalue weighted by Crippen LogP contribution is -2.37. The summed E-state index contributed by atoms with van der Waals surface area (Å²) in [6.45, 7) is 0.337. The average molecular weight is 391 g/mol. The van der Waals surface area contributed by atoms with E-state index in [0.717, 1.165) is 10.0 Å². The molecule has 0 unspecified atom stereocenters. The number of carbonyl (C=O) groups is 2. The molecule has 24 heavy (non-hydrogen) atoms. The number of nitrogens with one attached hydrogen (secondary N) is 1. The van der Waals surface area contributed by atoms with Gasteiger partial charge in [0.05, 0.1) is 13.7 Å². The van der Waals surface area contributed by atoms with Crippen LogP contribution in [0.15, 0.2) is 53.0 Å². The van der Waals surface area contributed by atoms with Gasteiger partial charge < -0.3 is 15.0 Å². The minimum atomic E-state index is -0.266. The molecule has 6 heteroatoms. The van der Waals surface area contributed by atoms with Crippen molar-refractivity contribution in [3.05, 3.63) is 64.1 Å². The number of likely N-dealkylation sites (N-methyl/N-ethyl adjacent to an activating group) is 1. The predicted molar refractivity (Wildman–Crippen MR) is 95.9 cm³/mol. The normalized spacial score (nSPS) is 10.1. The molecule has 0 fully saturated rings. The molecule has 0 aromatic heterocycles. The molecule has 2 amide bonds. The van der Waals surface area contributed by atoms with E-state index >= 15 is 0 Å². The monoisotopic (exact) mass is 390 g/mol. The highest BCUT2D eigenvalue weighted by molar-refractivity contribution is 9.10. The summed E-state index contributed by atoms with van der Waals surface area (Å²) in [5.74, 6) is 0.268. The van der Waals surface area contributed by atoms with Crippen LogP contribution in [-0.2, 0) is 11.3 Å². The third-order valence-electron chi connectivity index (χ3n) is 3.51. The molecule has 2 aromatic carbocycles. The van der Waals surface area contributed by atoms with E-state index in [9.17, 15) is 9.59 Å². The van der Waals surface area contributed by atoms with Gasteiger partial charge >= 0.3 is 0 Å². The summed E-state index contributed by atoms with van der Waals surface area (Å²) < 4.78 is 6.22. The molecule has 0 saturated carbocycles. The lowest BCUT2D eigenvalue weighted by atomic mass is 10.2. The maximum atomic E-state index is 12.2. The van der Waals surface area contributed by atoms with E-state index in [1.54, 1.807) is 43.3 Å². The Kier molecular flexibility index (Phi) is 6.37. The second-order valence-corrected chi connectivity index (χ2v) is 6.17. The average Bonchev–Trinajstić information content (AvgIpc) is 2.60. The molecular formula is C18H19BrN2O3. The summed E-state index contributed by atoms with van der Waals surface area (Å²) in [5.41, 5.74) is 1.42. The van der Waals surface area contributed by atoms with Gasteiger partial charge in [-0.3, -0.25) is 9.59 Å². The highest BCUT2D eigenvalue weighted by Gasteiger charge is 2.14. The Labute approximate surface area is 149 Å². The number of rotatable bonds is 6. The first-order valence-electron chi connectivity index (χ1n) is 7.41. The number of hydrogen-bond donors (Lipinski definition) is 1. The Bertz CT molecular complexity index is 719. The minimum Gasteiger partial charge on any atom is -0.496 e. The van der Waals surface area contributed by atoms with E-state index in [4.69, 9.17) is 4.74 Å². The number of methoxy groups -OCH3 is 1. The molecule has 0 atom stereocenters. The maximum absolute atomic E-state index is 12.2. The number of halogens is 1. The van der Waals surface area contributed by atoms with Crippen molar-refractivity contribution >= 4 is 27.7 Å². The Balaban J connectivity index is 1.93. The lowest BCUT2D eigenvalue weighted by molar-refractivity contribution is -0.129. The van der Waals surface area contributed by atoms with Gasteiger partial charge in [0.1, 0.15) is 5.75 Å². The summed E-state index contributed by atoms with van der Waals surface area (Å²) in [6, 6.07) is 14.4. The van der Waals surface area contributed by atoms with Gasteiger partial charge in [-0.1, -0.05) is 34.1 Å². The van der Waals surface area contributed by atoms with Crippen LogP contribution in [0, 0.1) is 0 Å². The quantitative estimate of drug-likeness (QED) is 0.824. The fourth-order valence-corrected chi connectivity index (χ4v) is 2.61. The maximum Gasteiger partial charge on any atom is 0.251 e. The summed E-state index contributed by atoms with van der Waals surface area (Å²) in [4.78, 5) is 25.7. The van der Waals surface area contributed by atoms with E-state index in [1.807, 2.05) is 24.3 Å². The smallest absolute Gasteiger partial charge is 0.251 e. The molecule has 0 heterocycles. The molecule has 2 rings (SSSR count). The van der Waals surface area contributed by atoms with Gasteiger partial charge in [0.25, 0.3) is 5.91 Å². The Morgan fingerprint density at radius 1 is 1.17 bits per heavy atom. The van der Waals surface area contributed by atoms with Crippen molar-refractivity contribution in [1.29, 1.82) is 0 Å². The van der Waals surface area contributed by atoms with Crippen LogP contribution >= 0.6 is 15.9 Å². The lowest BCUT2D eigenvalue weighted by Gasteiger charge is -2.19. The SMILES string of the molecule is COc1ccc(Br)cc1CN(C)C(=O)CNC(=O)c1ccccc1. The molecule has 0 radical (unpaired) electrons. The summed E-state index contributed by atoms with van der Waals surface area (Å²) >= 11 is 3.41. The first-order chi connectivity index (χ1) is 11.5. The van der Waals surface area contributed by atoms with E-state index in [-0.39, 0.29) is 18.4 Å². The molecule has 1 N–H and O–H groups in total. The van der Waals surface area contributed by atoms with Crippen molar-refractivity contribution in [2.75, 3.05) is 20.7 Å². The van der Waals surface area contributed by atoms with Crippen molar-refractivity contribution in [2.45, 2.75) is 6.54 Å². The van der Waals surface area contributed by atoms with Crippen LogP contribution in [0.25, 0.3) is 0 Å². The topological polar surface area (TPSA) is 58.6 Å². The molecule has 0 aliphatic rings. The second-order valence-electron chi connectivity index (χ2n) is 5.25. The molecule has 2 aromatic rings. The van der Waals surface area contributed by atoms with Crippen molar-refractivity contribution in [1.82, 2.24) is 10.2 Å². The van der Waals surface area contributed by atoms with E-state index in [0.29, 0.717) is 17.9 Å². The first-order valence-corrected chi connectivity index (χ1v) is 8.20. The number of ether oxygens (including phenoxy) is 1. The molecular weight excluding hydrogens is 372 g/mol.